The Balaban J connectivity index is 3.36. The molecule has 0 aromatic rings. The summed E-state index contributed by atoms with van der Waals surface area (Å²) in [6.07, 6.45) is 2.25. The second-order valence-electron chi connectivity index (χ2n) is 0.877. The third-order valence-corrected chi connectivity index (χ3v) is 0.423. The zero-order chi connectivity index (χ0) is 5.70. The van der Waals surface area contributed by atoms with Crippen molar-refractivity contribution in [3.63, 3.8) is 0 Å². The number of hydrogen-bond acceptors (Lipinski definition) is 1. The molecule has 2 heteroatoms. The summed E-state index contributed by atoms with van der Waals surface area (Å²) in [7, 11) is 0. The molecule has 0 aliphatic heterocycles. The molecule has 0 bridgehead atoms. The minimum atomic E-state index is -0.616. The fourth-order valence-corrected chi connectivity index (χ4v) is 0.148. The smallest absolute Gasteiger partial charge is 0.273 e. The van der Waals surface area contributed by atoms with Crippen molar-refractivity contribution in [3.8, 4) is 0 Å². The molecule has 0 rings (SSSR count). The van der Waals surface area contributed by atoms with E-state index in [0.29, 0.717) is 0 Å². The third-order valence-electron chi connectivity index (χ3n) is 0.423. The summed E-state index contributed by atoms with van der Waals surface area (Å²) in [5, 5.41) is 0. The van der Waals surface area contributed by atoms with Crippen LogP contribution in [0.5, 0.6) is 0 Å². The van der Waals surface area contributed by atoms with Gasteiger partial charge in [-0.05, 0) is 13.0 Å². The molecule has 0 unspecified atom stereocenters. The molecule has 0 spiro atoms. The Morgan fingerprint density at radius 2 is 2.43 bits per heavy atom. The summed E-state index contributed by atoms with van der Waals surface area (Å²) in [5.41, 5.74) is 0. The highest BCUT2D eigenvalue weighted by molar-refractivity contribution is 4.78. The molecule has 0 radical (unpaired) electrons. The maximum atomic E-state index is 11.7. The SMILES string of the molecule is C=COC(F)=CC. The molecule has 0 aromatic heterocycles. The Morgan fingerprint density at radius 3 is 2.57 bits per heavy atom. The van der Waals surface area contributed by atoms with Crippen LogP contribution in [0.4, 0.5) is 4.39 Å². The average molecular weight is 102 g/mol. The minimum Gasteiger partial charge on any atom is -0.440 e. The van der Waals surface area contributed by atoms with Gasteiger partial charge in [-0.15, -0.1) is 0 Å². The first-order valence-electron chi connectivity index (χ1n) is 1.90. The van der Waals surface area contributed by atoms with Crippen molar-refractivity contribution in [1.29, 1.82) is 0 Å². The first kappa shape index (κ1) is 6.21. The van der Waals surface area contributed by atoms with Gasteiger partial charge in [0, 0.05) is 0 Å². The van der Waals surface area contributed by atoms with Crippen LogP contribution < -0.4 is 0 Å². The monoisotopic (exact) mass is 102 g/mol. The molecule has 0 saturated carbocycles. The summed E-state index contributed by atoms with van der Waals surface area (Å²) in [4.78, 5) is 0. The molecule has 7 heavy (non-hydrogen) atoms. The second kappa shape index (κ2) is 3.40. The lowest BCUT2D eigenvalue weighted by molar-refractivity contribution is 0.247. The molecule has 1 nitrogen and oxygen atoms in total. The van der Waals surface area contributed by atoms with Crippen molar-refractivity contribution in [2.45, 2.75) is 6.92 Å². The molecule has 0 amide bonds. The van der Waals surface area contributed by atoms with Crippen molar-refractivity contribution < 1.29 is 9.13 Å². The van der Waals surface area contributed by atoms with Crippen LogP contribution in [0.3, 0.4) is 0 Å². The van der Waals surface area contributed by atoms with Crippen LogP contribution in [0.25, 0.3) is 0 Å². The molecule has 0 N–H and O–H groups in total. The maximum Gasteiger partial charge on any atom is 0.273 e. The van der Waals surface area contributed by atoms with E-state index in [1.165, 1.54) is 6.08 Å². The molecule has 0 atom stereocenters. The Bertz CT molecular complexity index is 86.1. The van der Waals surface area contributed by atoms with E-state index in [-0.39, 0.29) is 0 Å². The molecule has 0 aliphatic rings. The van der Waals surface area contributed by atoms with Crippen LogP contribution in [0.1, 0.15) is 6.92 Å². The van der Waals surface area contributed by atoms with Crippen molar-refractivity contribution >= 4 is 0 Å². The number of halogens is 1. The number of allylic oxidation sites excluding steroid dienone is 1. The molecule has 0 saturated heterocycles. The van der Waals surface area contributed by atoms with Gasteiger partial charge >= 0.3 is 0 Å². The van der Waals surface area contributed by atoms with Gasteiger partial charge in [0.2, 0.25) is 0 Å². The van der Waals surface area contributed by atoms with Gasteiger partial charge in [0.1, 0.15) is 0 Å². The van der Waals surface area contributed by atoms with Crippen LogP contribution in [0.15, 0.2) is 24.9 Å². The van der Waals surface area contributed by atoms with Crippen LogP contribution in [0.2, 0.25) is 0 Å². The van der Waals surface area contributed by atoms with Gasteiger partial charge in [0.15, 0.2) is 0 Å². The number of rotatable bonds is 2. The first-order chi connectivity index (χ1) is 3.31. The van der Waals surface area contributed by atoms with E-state index >= 15 is 0 Å². The van der Waals surface area contributed by atoms with E-state index < -0.39 is 6.01 Å². The molecular weight excluding hydrogens is 95.1 g/mol. The lowest BCUT2D eigenvalue weighted by Crippen LogP contribution is -1.70. The maximum absolute atomic E-state index is 11.7. The van der Waals surface area contributed by atoms with Gasteiger partial charge in [-0.1, -0.05) is 6.58 Å². The van der Waals surface area contributed by atoms with E-state index in [2.05, 4.69) is 11.3 Å². The fourth-order valence-electron chi connectivity index (χ4n) is 0.148. The zero-order valence-corrected chi connectivity index (χ0v) is 4.15. The average Bonchev–Trinajstić information content (AvgIpc) is 1.68. The van der Waals surface area contributed by atoms with Gasteiger partial charge in [-0.3, -0.25) is 0 Å². The zero-order valence-electron chi connectivity index (χ0n) is 4.15. The van der Waals surface area contributed by atoms with Gasteiger partial charge < -0.3 is 4.74 Å². The molecule has 0 heterocycles. The third kappa shape index (κ3) is 3.03. The van der Waals surface area contributed by atoms with Crippen LogP contribution in [-0.2, 0) is 4.74 Å². The summed E-state index contributed by atoms with van der Waals surface area (Å²) < 4.78 is 15.8. The predicted molar refractivity (Wildman–Crippen MR) is 26.1 cm³/mol. The fraction of sp³-hybridized carbons (Fsp3) is 0.200. The number of ether oxygens (including phenoxy) is 1. The molecule has 0 fully saturated rings. The van der Waals surface area contributed by atoms with Crippen molar-refractivity contribution in [3.05, 3.63) is 24.9 Å². The van der Waals surface area contributed by atoms with Crippen molar-refractivity contribution in [2.75, 3.05) is 0 Å². The first-order valence-corrected chi connectivity index (χ1v) is 1.90. The van der Waals surface area contributed by atoms with Gasteiger partial charge in [-0.25, -0.2) is 0 Å². The number of hydrogen-bond donors (Lipinski definition) is 0. The minimum absolute atomic E-state index is 0.616. The Kier molecular flexibility index (Phi) is 3.02. The van der Waals surface area contributed by atoms with Crippen LogP contribution in [-0.4, -0.2) is 0 Å². The highest BCUT2D eigenvalue weighted by Gasteiger charge is 1.81. The molecule has 0 aromatic carbocycles. The van der Waals surface area contributed by atoms with Crippen LogP contribution >= 0.6 is 0 Å². The van der Waals surface area contributed by atoms with Crippen molar-refractivity contribution in [1.82, 2.24) is 0 Å². The largest absolute Gasteiger partial charge is 0.440 e. The van der Waals surface area contributed by atoms with E-state index in [9.17, 15) is 4.39 Å². The standard InChI is InChI=1S/C5H7FO/c1-3-5(6)7-4-2/h3-4H,2H2,1H3. The Hall–Kier alpha value is -0.790. The summed E-state index contributed by atoms with van der Waals surface area (Å²) in [6, 6.07) is -0.616. The topological polar surface area (TPSA) is 9.23 Å². The molecule has 40 valence electrons. The Morgan fingerprint density at radius 1 is 1.86 bits per heavy atom. The van der Waals surface area contributed by atoms with E-state index in [0.717, 1.165) is 6.26 Å². The lowest BCUT2D eigenvalue weighted by atomic mass is 10.7. The van der Waals surface area contributed by atoms with Crippen molar-refractivity contribution in [2.24, 2.45) is 0 Å². The quantitative estimate of drug-likeness (QED) is 0.484. The van der Waals surface area contributed by atoms with Crippen LogP contribution in [0, 0.1) is 0 Å². The van der Waals surface area contributed by atoms with Gasteiger partial charge in [-0.2, -0.15) is 4.39 Å². The Labute approximate surface area is 42.1 Å². The normalized spacial score (nSPS) is 10.9. The van der Waals surface area contributed by atoms with Gasteiger partial charge in [0.25, 0.3) is 6.01 Å². The van der Waals surface area contributed by atoms with Gasteiger partial charge in [0.05, 0.1) is 6.26 Å². The highest BCUT2D eigenvalue weighted by atomic mass is 19.1. The summed E-state index contributed by atoms with van der Waals surface area (Å²) in [5.74, 6) is 0. The molecular formula is C5H7FO. The van der Waals surface area contributed by atoms with E-state index in [4.69, 9.17) is 0 Å². The summed E-state index contributed by atoms with van der Waals surface area (Å²) >= 11 is 0. The lowest BCUT2D eigenvalue weighted by Gasteiger charge is -1.88. The predicted octanol–water partition coefficient (Wildman–Crippen LogP) is 1.98. The van der Waals surface area contributed by atoms with E-state index in [1.54, 1.807) is 6.92 Å². The summed E-state index contributed by atoms with van der Waals surface area (Å²) in [6.45, 7) is 4.69. The second-order valence-corrected chi connectivity index (χ2v) is 0.877. The molecule has 0 aliphatic carbocycles. The highest BCUT2D eigenvalue weighted by Crippen LogP contribution is 1.95. The van der Waals surface area contributed by atoms with E-state index in [1.807, 2.05) is 0 Å².